The van der Waals surface area contributed by atoms with Crippen molar-refractivity contribution in [3.8, 4) is 0 Å². The zero-order valence-electron chi connectivity index (χ0n) is 17.0. The quantitative estimate of drug-likeness (QED) is 0.752. The number of nitrogens with zero attached hydrogens (tertiary/aromatic N) is 1. The molecule has 2 aliphatic heterocycles. The highest BCUT2D eigenvalue weighted by Gasteiger charge is 2.40. The zero-order chi connectivity index (χ0) is 19.6. The Kier molecular flexibility index (Phi) is 7.90. The van der Waals surface area contributed by atoms with Crippen molar-refractivity contribution in [2.75, 3.05) is 26.2 Å². The van der Waals surface area contributed by atoms with Crippen molar-refractivity contribution in [1.82, 2.24) is 14.9 Å². The predicted octanol–water partition coefficient (Wildman–Crippen LogP) is 2.30. The summed E-state index contributed by atoms with van der Waals surface area (Å²) in [4.78, 5) is 13.1. The smallest absolute Gasteiger partial charge is 0.244 e. The normalized spacial score (nSPS) is 23.2. The third-order valence-corrected chi connectivity index (χ3v) is 7.86. The lowest BCUT2D eigenvalue weighted by atomic mass is 9.99. The van der Waals surface area contributed by atoms with Gasteiger partial charge >= 0.3 is 0 Å². The van der Waals surface area contributed by atoms with Crippen LogP contribution < -0.4 is 10.6 Å². The number of hydrogen-bond acceptors (Lipinski definition) is 4. The van der Waals surface area contributed by atoms with E-state index in [1.165, 1.54) is 4.31 Å². The van der Waals surface area contributed by atoms with Crippen LogP contribution in [0.3, 0.4) is 0 Å². The van der Waals surface area contributed by atoms with Gasteiger partial charge in [0.1, 0.15) is 6.04 Å². The predicted molar refractivity (Wildman–Crippen MR) is 113 cm³/mol. The molecule has 0 saturated carbocycles. The summed E-state index contributed by atoms with van der Waals surface area (Å²) >= 11 is 0. The third kappa shape index (κ3) is 4.87. The minimum atomic E-state index is -3.69. The van der Waals surface area contributed by atoms with Gasteiger partial charge in [0.15, 0.2) is 0 Å². The minimum Gasteiger partial charge on any atom is -0.354 e. The first kappa shape index (κ1) is 23.1. The van der Waals surface area contributed by atoms with E-state index in [4.69, 9.17) is 0 Å². The third-order valence-electron chi connectivity index (χ3n) is 5.64. The van der Waals surface area contributed by atoms with Crippen molar-refractivity contribution >= 4 is 28.3 Å². The molecule has 1 aromatic rings. The Morgan fingerprint density at radius 3 is 2.46 bits per heavy atom. The van der Waals surface area contributed by atoms with E-state index >= 15 is 0 Å². The van der Waals surface area contributed by atoms with E-state index < -0.39 is 16.1 Å². The Balaban J connectivity index is 0.00000280. The number of hydrogen-bond donors (Lipinski definition) is 2. The molecule has 1 amide bonds. The number of benzene rings is 1. The number of aryl methyl sites for hydroxylation is 3. The maximum atomic E-state index is 13.3. The van der Waals surface area contributed by atoms with E-state index in [1.807, 2.05) is 32.9 Å². The number of carbonyl (C=O) groups is 1. The van der Waals surface area contributed by atoms with Crippen LogP contribution in [0.1, 0.15) is 42.4 Å². The van der Waals surface area contributed by atoms with Gasteiger partial charge in [0.05, 0.1) is 4.90 Å². The first-order valence-corrected chi connectivity index (χ1v) is 11.3. The van der Waals surface area contributed by atoms with Gasteiger partial charge in [-0.3, -0.25) is 4.79 Å². The van der Waals surface area contributed by atoms with E-state index in [1.54, 1.807) is 0 Å². The monoisotopic (exact) mass is 429 g/mol. The van der Waals surface area contributed by atoms with Gasteiger partial charge in [-0.05, 0) is 76.6 Å². The van der Waals surface area contributed by atoms with Crippen molar-refractivity contribution in [2.45, 2.75) is 57.4 Å². The van der Waals surface area contributed by atoms with Crippen molar-refractivity contribution in [3.63, 3.8) is 0 Å². The van der Waals surface area contributed by atoms with Gasteiger partial charge < -0.3 is 10.6 Å². The molecule has 8 heteroatoms. The second-order valence-corrected chi connectivity index (χ2v) is 9.79. The van der Waals surface area contributed by atoms with Crippen molar-refractivity contribution in [2.24, 2.45) is 5.92 Å². The van der Waals surface area contributed by atoms with E-state index in [9.17, 15) is 13.2 Å². The molecule has 0 bridgehead atoms. The van der Waals surface area contributed by atoms with Gasteiger partial charge in [-0.15, -0.1) is 12.4 Å². The maximum absolute atomic E-state index is 13.3. The van der Waals surface area contributed by atoms with Gasteiger partial charge in [-0.1, -0.05) is 17.7 Å². The molecule has 1 aromatic carbocycles. The molecular formula is C20H32ClN3O3S. The Labute approximate surface area is 174 Å². The lowest BCUT2D eigenvalue weighted by Gasteiger charge is -2.27. The Hall–Kier alpha value is -1.15. The van der Waals surface area contributed by atoms with Gasteiger partial charge in [0.25, 0.3) is 0 Å². The summed E-state index contributed by atoms with van der Waals surface area (Å²) in [5.41, 5.74) is 2.53. The molecule has 2 N–H and O–H groups in total. The number of sulfonamides is 1. The van der Waals surface area contributed by atoms with Gasteiger partial charge in [-0.2, -0.15) is 4.31 Å². The SMILES string of the molecule is Cc1cc(C)c(S(=O)(=O)N2CCCC2C(=O)NCC2CCCNC2)c(C)c1.Cl. The van der Waals surface area contributed by atoms with Crippen LogP contribution in [0.25, 0.3) is 0 Å². The summed E-state index contributed by atoms with van der Waals surface area (Å²) in [5.74, 6) is 0.264. The summed E-state index contributed by atoms with van der Waals surface area (Å²) < 4.78 is 28.1. The molecule has 28 heavy (non-hydrogen) atoms. The largest absolute Gasteiger partial charge is 0.354 e. The maximum Gasteiger partial charge on any atom is 0.244 e. The lowest BCUT2D eigenvalue weighted by molar-refractivity contribution is -0.124. The molecule has 2 atom stereocenters. The Morgan fingerprint density at radius 1 is 1.18 bits per heavy atom. The van der Waals surface area contributed by atoms with E-state index in [2.05, 4.69) is 10.6 Å². The average Bonchev–Trinajstić information content (AvgIpc) is 3.10. The fourth-order valence-electron chi connectivity index (χ4n) is 4.44. The molecule has 0 spiro atoms. The number of nitrogens with one attached hydrogen (secondary N) is 2. The molecule has 2 heterocycles. The van der Waals surface area contributed by atoms with Crippen LogP contribution in [-0.2, 0) is 14.8 Å². The number of rotatable bonds is 5. The number of amides is 1. The van der Waals surface area contributed by atoms with Crippen LogP contribution >= 0.6 is 12.4 Å². The van der Waals surface area contributed by atoms with Crippen molar-refractivity contribution in [3.05, 3.63) is 28.8 Å². The molecular weight excluding hydrogens is 398 g/mol. The molecule has 0 radical (unpaired) electrons. The highest BCUT2D eigenvalue weighted by Crippen LogP contribution is 2.30. The van der Waals surface area contributed by atoms with E-state index in [0.717, 1.165) is 42.6 Å². The summed E-state index contributed by atoms with van der Waals surface area (Å²) in [5, 5.41) is 6.34. The van der Waals surface area contributed by atoms with Gasteiger partial charge in [0.2, 0.25) is 15.9 Å². The molecule has 3 rings (SSSR count). The molecule has 6 nitrogen and oxygen atoms in total. The van der Waals surface area contributed by atoms with Crippen LogP contribution in [-0.4, -0.2) is 50.9 Å². The first-order chi connectivity index (χ1) is 12.8. The van der Waals surface area contributed by atoms with Gasteiger partial charge in [-0.25, -0.2) is 8.42 Å². The van der Waals surface area contributed by atoms with Crippen LogP contribution in [0.4, 0.5) is 0 Å². The van der Waals surface area contributed by atoms with Crippen molar-refractivity contribution < 1.29 is 13.2 Å². The molecule has 158 valence electrons. The molecule has 2 unspecified atom stereocenters. The molecule has 2 saturated heterocycles. The minimum absolute atomic E-state index is 0. The summed E-state index contributed by atoms with van der Waals surface area (Å²) in [7, 11) is -3.69. The Morgan fingerprint density at radius 2 is 1.86 bits per heavy atom. The topological polar surface area (TPSA) is 78.5 Å². The lowest BCUT2D eigenvalue weighted by Crippen LogP contribution is -2.48. The summed E-state index contributed by atoms with van der Waals surface area (Å²) in [6.45, 7) is 8.57. The number of halogens is 1. The zero-order valence-corrected chi connectivity index (χ0v) is 18.6. The van der Waals surface area contributed by atoms with E-state index in [-0.39, 0.29) is 18.3 Å². The average molecular weight is 430 g/mol. The summed E-state index contributed by atoms with van der Waals surface area (Å²) in [6, 6.07) is 3.18. The fourth-order valence-corrected chi connectivity index (χ4v) is 6.51. The molecule has 0 aliphatic carbocycles. The first-order valence-electron chi connectivity index (χ1n) is 9.89. The fraction of sp³-hybridized carbons (Fsp3) is 0.650. The molecule has 2 fully saturated rings. The van der Waals surface area contributed by atoms with Gasteiger partial charge in [0, 0.05) is 13.1 Å². The van der Waals surface area contributed by atoms with Crippen LogP contribution in [0.5, 0.6) is 0 Å². The Bertz CT molecular complexity index is 784. The highest BCUT2D eigenvalue weighted by atomic mass is 35.5. The number of piperidine rings is 1. The van der Waals surface area contributed by atoms with Crippen LogP contribution in [0.2, 0.25) is 0 Å². The van der Waals surface area contributed by atoms with Crippen LogP contribution in [0, 0.1) is 26.7 Å². The second kappa shape index (κ2) is 9.57. The highest BCUT2D eigenvalue weighted by molar-refractivity contribution is 7.89. The molecule has 0 aromatic heterocycles. The summed E-state index contributed by atoms with van der Waals surface area (Å²) in [6.07, 6.45) is 3.52. The van der Waals surface area contributed by atoms with E-state index in [0.29, 0.717) is 36.7 Å². The standard InChI is InChI=1S/C20H31N3O3S.ClH/c1-14-10-15(2)19(16(3)11-14)27(25,26)23-9-5-7-18(23)20(24)22-13-17-6-4-8-21-12-17;/h10-11,17-18,21H,4-9,12-13H2,1-3H3,(H,22,24);1H. The van der Waals surface area contributed by atoms with Crippen molar-refractivity contribution in [1.29, 1.82) is 0 Å². The molecule has 2 aliphatic rings. The second-order valence-electron chi connectivity index (χ2n) is 7.96. The van der Waals surface area contributed by atoms with Crippen LogP contribution in [0.15, 0.2) is 17.0 Å². The number of carbonyl (C=O) groups excluding carboxylic acids is 1.